The van der Waals surface area contributed by atoms with Gasteiger partial charge < -0.3 is 10.5 Å². The van der Waals surface area contributed by atoms with Gasteiger partial charge in [-0.05, 0) is 26.8 Å². The number of nitrogens with zero attached hydrogens (tertiary/aromatic N) is 2. The first kappa shape index (κ1) is 12.3. The van der Waals surface area contributed by atoms with Gasteiger partial charge in [-0.15, -0.1) is 0 Å². The van der Waals surface area contributed by atoms with Crippen molar-refractivity contribution in [2.75, 3.05) is 17.7 Å². The molecule has 0 fully saturated rings. The average molecular weight is 223 g/mol. The van der Waals surface area contributed by atoms with Crippen LogP contribution in [0.1, 0.15) is 20.8 Å². The summed E-state index contributed by atoms with van der Waals surface area (Å²) in [7, 11) is 1.63. The van der Waals surface area contributed by atoms with Gasteiger partial charge >= 0.3 is 6.09 Å². The van der Waals surface area contributed by atoms with E-state index in [4.69, 9.17) is 10.5 Å². The summed E-state index contributed by atoms with van der Waals surface area (Å²) in [6, 6.07) is 3.31. The van der Waals surface area contributed by atoms with Crippen molar-refractivity contribution in [1.82, 2.24) is 4.98 Å². The molecule has 5 heteroatoms. The van der Waals surface area contributed by atoms with Gasteiger partial charge in [-0.3, -0.25) is 4.90 Å². The number of rotatable bonds is 1. The van der Waals surface area contributed by atoms with Crippen molar-refractivity contribution in [1.29, 1.82) is 0 Å². The number of carbonyl (C=O) groups excluding carboxylic acids is 1. The zero-order chi connectivity index (χ0) is 12.3. The number of hydrogen-bond donors (Lipinski definition) is 1. The molecule has 0 aliphatic carbocycles. The van der Waals surface area contributed by atoms with Gasteiger partial charge in [-0.2, -0.15) is 0 Å². The molecule has 2 N–H and O–H groups in total. The Morgan fingerprint density at radius 1 is 1.50 bits per heavy atom. The minimum Gasteiger partial charge on any atom is -0.443 e. The molecular formula is C11H17N3O2. The number of nitrogen functional groups attached to an aromatic ring is 1. The minimum atomic E-state index is -0.510. The molecule has 0 aliphatic rings. The predicted octanol–water partition coefficient (Wildman–Crippen LogP) is 2.04. The Morgan fingerprint density at radius 3 is 2.62 bits per heavy atom. The van der Waals surface area contributed by atoms with Crippen molar-refractivity contribution in [3.05, 3.63) is 18.3 Å². The molecular weight excluding hydrogens is 206 g/mol. The van der Waals surface area contributed by atoms with E-state index in [1.165, 1.54) is 4.90 Å². The van der Waals surface area contributed by atoms with Crippen LogP contribution in [0.4, 0.5) is 16.3 Å². The predicted molar refractivity (Wildman–Crippen MR) is 63.3 cm³/mol. The lowest BCUT2D eigenvalue weighted by Gasteiger charge is -2.24. The topological polar surface area (TPSA) is 68.5 Å². The number of ether oxygens (including phenoxy) is 1. The molecule has 1 heterocycles. The fourth-order valence-corrected chi connectivity index (χ4v) is 1.08. The van der Waals surface area contributed by atoms with Crippen molar-refractivity contribution >= 4 is 17.6 Å². The van der Waals surface area contributed by atoms with Gasteiger partial charge in [0, 0.05) is 19.3 Å². The fourth-order valence-electron chi connectivity index (χ4n) is 1.08. The molecule has 0 aliphatic heterocycles. The second kappa shape index (κ2) is 4.38. The lowest BCUT2D eigenvalue weighted by atomic mass is 10.2. The van der Waals surface area contributed by atoms with E-state index in [2.05, 4.69) is 4.98 Å². The zero-order valence-corrected chi connectivity index (χ0v) is 10.0. The van der Waals surface area contributed by atoms with E-state index < -0.39 is 11.7 Å². The third kappa shape index (κ3) is 3.42. The van der Waals surface area contributed by atoms with Crippen molar-refractivity contribution in [2.24, 2.45) is 0 Å². The third-order valence-electron chi connectivity index (χ3n) is 1.82. The zero-order valence-electron chi connectivity index (χ0n) is 10.0. The van der Waals surface area contributed by atoms with Crippen LogP contribution in [0.2, 0.25) is 0 Å². The Balaban J connectivity index is 2.78. The molecule has 0 saturated carbocycles. The number of aromatic nitrogens is 1. The van der Waals surface area contributed by atoms with Crippen molar-refractivity contribution in [3.63, 3.8) is 0 Å². The summed E-state index contributed by atoms with van der Waals surface area (Å²) in [6.07, 6.45) is 1.13. The van der Waals surface area contributed by atoms with Gasteiger partial charge in [0.25, 0.3) is 0 Å². The molecule has 0 saturated heterocycles. The maximum absolute atomic E-state index is 11.7. The van der Waals surface area contributed by atoms with Crippen LogP contribution in [0, 0.1) is 0 Å². The first-order valence-corrected chi connectivity index (χ1v) is 4.98. The van der Waals surface area contributed by atoms with Crippen LogP contribution in [0.5, 0.6) is 0 Å². The van der Waals surface area contributed by atoms with Crippen molar-refractivity contribution in [2.45, 2.75) is 26.4 Å². The first-order valence-electron chi connectivity index (χ1n) is 4.98. The Labute approximate surface area is 95.2 Å². The molecule has 0 unspecified atom stereocenters. The highest BCUT2D eigenvalue weighted by atomic mass is 16.6. The van der Waals surface area contributed by atoms with E-state index in [-0.39, 0.29) is 0 Å². The summed E-state index contributed by atoms with van der Waals surface area (Å²) < 4.78 is 5.22. The van der Waals surface area contributed by atoms with Crippen LogP contribution >= 0.6 is 0 Å². The summed E-state index contributed by atoms with van der Waals surface area (Å²) in [5.41, 5.74) is 5.68. The summed E-state index contributed by atoms with van der Waals surface area (Å²) in [6.45, 7) is 5.46. The van der Waals surface area contributed by atoms with E-state index in [1.54, 1.807) is 25.4 Å². The fraction of sp³-hybridized carbons (Fsp3) is 0.455. The molecule has 0 bridgehead atoms. The molecule has 0 spiro atoms. The Kier molecular flexibility index (Phi) is 3.37. The minimum absolute atomic E-state index is 0.368. The van der Waals surface area contributed by atoms with Crippen LogP contribution in [0.15, 0.2) is 18.3 Å². The molecule has 88 valence electrons. The smallest absolute Gasteiger partial charge is 0.414 e. The Morgan fingerprint density at radius 2 is 2.12 bits per heavy atom. The van der Waals surface area contributed by atoms with E-state index >= 15 is 0 Å². The van der Waals surface area contributed by atoms with E-state index in [0.29, 0.717) is 11.5 Å². The van der Waals surface area contributed by atoms with Gasteiger partial charge in [0.1, 0.15) is 11.4 Å². The van der Waals surface area contributed by atoms with Gasteiger partial charge in [-0.1, -0.05) is 0 Å². The van der Waals surface area contributed by atoms with Gasteiger partial charge in [0.2, 0.25) is 0 Å². The lowest BCUT2D eigenvalue weighted by molar-refractivity contribution is 0.0589. The lowest BCUT2D eigenvalue weighted by Crippen LogP contribution is -2.34. The molecule has 1 amide bonds. The largest absolute Gasteiger partial charge is 0.443 e. The van der Waals surface area contributed by atoms with Crippen LogP contribution in [0.25, 0.3) is 0 Å². The van der Waals surface area contributed by atoms with E-state index in [0.717, 1.165) is 0 Å². The molecule has 1 aromatic rings. The highest BCUT2D eigenvalue weighted by Crippen LogP contribution is 2.17. The highest BCUT2D eigenvalue weighted by molar-refractivity contribution is 5.87. The molecule has 5 nitrogen and oxygen atoms in total. The van der Waals surface area contributed by atoms with Crippen LogP contribution in [0.3, 0.4) is 0 Å². The first-order chi connectivity index (χ1) is 7.29. The van der Waals surface area contributed by atoms with Crippen molar-refractivity contribution < 1.29 is 9.53 Å². The molecule has 0 atom stereocenters. The Hall–Kier alpha value is -1.78. The highest BCUT2D eigenvalue weighted by Gasteiger charge is 2.20. The van der Waals surface area contributed by atoms with Gasteiger partial charge in [-0.25, -0.2) is 9.78 Å². The summed E-state index contributed by atoms with van der Waals surface area (Å²) in [4.78, 5) is 17.0. The maximum atomic E-state index is 11.7. The van der Waals surface area contributed by atoms with Crippen LogP contribution < -0.4 is 10.6 Å². The number of carbonyl (C=O) groups is 1. The second-order valence-electron chi connectivity index (χ2n) is 4.48. The summed E-state index contributed by atoms with van der Waals surface area (Å²) >= 11 is 0. The SMILES string of the molecule is CN(C(=O)OC(C)(C)C)c1ccnc(N)c1. The van der Waals surface area contributed by atoms with Gasteiger partial charge in [0.05, 0.1) is 5.69 Å². The molecule has 1 rings (SSSR count). The quantitative estimate of drug-likeness (QED) is 0.791. The maximum Gasteiger partial charge on any atom is 0.414 e. The molecule has 1 aromatic heterocycles. The molecule has 0 radical (unpaired) electrons. The average Bonchev–Trinajstić information content (AvgIpc) is 2.14. The normalized spacial score (nSPS) is 11.0. The third-order valence-corrected chi connectivity index (χ3v) is 1.82. The number of hydrogen-bond acceptors (Lipinski definition) is 4. The standard InChI is InChI=1S/C11H17N3O2/c1-11(2,3)16-10(15)14(4)8-5-6-13-9(12)7-8/h5-7H,1-4H3,(H2,12,13). The van der Waals surface area contributed by atoms with Crippen molar-refractivity contribution in [3.8, 4) is 0 Å². The Bertz CT molecular complexity index is 385. The number of nitrogens with two attached hydrogens (primary N) is 1. The van der Waals surface area contributed by atoms with Crippen LogP contribution in [-0.4, -0.2) is 23.7 Å². The van der Waals surface area contributed by atoms with E-state index in [9.17, 15) is 4.79 Å². The second-order valence-corrected chi connectivity index (χ2v) is 4.48. The molecule has 16 heavy (non-hydrogen) atoms. The van der Waals surface area contributed by atoms with Crippen LogP contribution in [-0.2, 0) is 4.74 Å². The van der Waals surface area contributed by atoms with E-state index in [1.807, 2.05) is 20.8 Å². The number of pyridine rings is 1. The van der Waals surface area contributed by atoms with Gasteiger partial charge in [0.15, 0.2) is 0 Å². The molecule has 0 aromatic carbocycles. The summed E-state index contributed by atoms with van der Waals surface area (Å²) in [5, 5.41) is 0. The number of anilines is 2. The summed E-state index contributed by atoms with van der Waals surface area (Å²) in [5.74, 6) is 0.368. The monoisotopic (exact) mass is 223 g/mol. The number of amides is 1.